The Bertz CT molecular complexity index is 325. The van der Waals surface area contributed by atoms with E-state index in [2.05, 4.69) is 5.32 Å². The Labute approximate surface area is 143 Å². The summed E-state index contributed by atoms with van der Waals surface area (Å²) >= 11 is 0. The molecule has 1 atom stereocenters. The molecule has 9 heteroatoms. The van der Waals surface area contributed by atoms with Gasteiger partial charge in [-0.3, -0.25) is 0 Å². The van der Waals surface area contributed by atoms with Gasteiger partial charge in [0.1, 0.15) is 13.2 Å². The first-order valence-corrected chi connectivity index (χ1v) is 7.40. The molecule has 0 saturated heterocycles. The fraction of sp³-hybridized carbons (Fsp3) is 0.867. The fourth-order valence-electron chi connectivity index (χ4n) is 1.23. The minimum absolute atomic E-state index is 0. The second kappa shape index (κ2) is 16.3. The Hall–Kier alpha value is -1.58. The van der Waals surface area contributed by atoms with Gasteiger partial charge in [-0.15, -0.1) is 0 Å². The van der Waals surface area contributed by atoms with E-state index in [1.165, 1.54) is 0 Å². The standard InChI is InChI=1S/C14H27NO8.CH4/c1-11(2)9-22-13(17)15-12(8-16)10-23-14(18)21-7-6-20-5-4-19-3;/h11-12,16H,4-10H2,1-3H3,(H,15,17);1H4. The van der Waals surface area contributed by atoms with E-state index in [1.807, 2.05) is 13.8 Å². The summed E-state index contributed by atoms with van der Waals surface area (Å²) in [7, 11) is 1.56. The molecule has 0 aromatic rings. The van der Waals surface area contributed by atoms with Crippen LogP contribution in [0.1, 0.15) is 21.3 Å². The third-order valence-electron chi connectivity index (χ3n) is 2.37. The summed E-state index contributed by atoms with van der Waals surface area (Å²) in [5.41, 5.74) is 0. The number of methoxy groups -OCH3 is 1. The number of hydrogen-bond donors (Lipinski definition) is 2. The second-order valence-corrected chi connectivity index (χ2v) is 5.03. The molecular formula is C15H31NO8. The molecule has 0 spiro atoms. The third-order valence-corrected chi connectivity index (χ3v) is 2.37. The van der Waals surface area contributed by atoms with Gasteiger partial charge in [0.05, 0.1) is 39.1 Å². The lowest BCUT2D eigenvalue weighted by Crippen LogP contribution is -2.42. The summed E-state index contributed by atoms with van der Waals surface area (Å²) in [6, 6.07) is -0.764. The molecule has 0 aromatic carbocycles. The quantitative estimate of drug-likeness (QED) is 0.397. The highest BCUT2D eigenvalue weighted by atomic mass is 16.7. The number of amides is 1. The highest BCUT2D eigenvalue weighted by Crippen LogP contribution is 1.95. The molecule has 144 valence electrons. The van der Waals surface area contributed by atoms with Gasteiger partial charge in [0, 0.05) is 7.11 Å². The van der Waals surface area contributed by atoms with E-state index in [-0.39, 0.29) is 39.8 Å². The molecule has 0 saturated carbocycles. The Balaban J connectivity index is 0. The average molecular weight is 353 g/mol. The molecule has 0 aliphatic rings. The molecule has 9 nitrogen and oxygen atoms in total. The van der Waals surface area contributed by atoms with Gasteiger partial charge in [0.15, 0.2) is 0 Å². The Morgan fingerprint density at radius 3 is 2.25 bits per heavy atom. The highest BCUT2D eigenvalue weighted by molar-refractivity contribution is 5.67. The van der Waals surface area contributed by atoms with Gasteiger partial charge in [0.25, 0.3) is 0 Å². The first-order valence-electron chi connectivity index (χ1n) is 7.40. The molecule has 1 unspecified atom stereocenters. The van der Waals surface area contributed by atoms with Crippen LogP contribution < -0.4 is 5.32 Å². The maximum atomic E-state index is 11.4. The van der Waals surface area contributed by atoms with Crippen molar-refractivity contribution in [3.05, 3.63) is 0 Å². The van der Waals surface area contributed by atoms with Crippen LogP contribution in [0.25, 0.3) is 0 Å². The summed E-state index contributed by atoms with van der Waals surface area (Å²) < 4.78 is 24.3. The number of alkyl carbamates (subject to hydrolysis) is 1. The number of rotatable bonds is 12. The van der Waals surface area contributed by atoms with E-state index in [0.717, 1.165) is 0 Å². The van der Waals surface area contributed by atoms with Crippen LogP contribution in [-0.4, -0.2) is 76.8 Å². The van der Waals surface area contributed by atoms with Crippen molar-refractivity contribution >= 4 is 12.2 Å². The van der Waals surface area contributed by atoms with Crippen molar-refractivity contribution < 1.29 is 38.4 Å². The minimum Gasteiger partial charge on any atom is -0.449 e. The summed E-state index contributed by atoms with van der Waals surface area (Å²) in [6.45, 7) is 4.56. The predicted molar refractivity (Wildman–Crippen MR) is 86.9 cm³/mol. The van der Waals surface area contributed by atoms with Gasteiger partial charge in [-0.1, -0.05) is 21.3 Å². The number of ether oxygens (including phenoxy) is 5. The zero-order chi connectivity index (χ0) is 17.5. The number of aliphatic hydroxyl groups is 1. The maximum absolute atomic E-state index is 11.4. The monoisotopic (exact) mass is 353 g/mol. The van der Waals surface area contributed by atoms with Crippen LogP contribution in [0.3, 0.4) is 0 Å². The zero-order valence-corrected chi connectivity index (χ0v) is 13.9. The number of aliphatic hydroxyl groups excluding tert-OH is 1. The first-order chi connectivity index (χ1) is 11.0. The normalized spacial score (nSPS) is 11.4. The second-order valence-electron chi connectivity index (χ2n) is 5.03. The lowest BCUT2D eigenvalue weighted by Gasteiger charge is -2.16. The molecule has 0 aliphatic carbocycles. The van der Waals surface area contributed by atoms with E-state index < -0.39 is 24.9 Å². The molecule has 0 fully saturated rings. The zero-order valence-electron chi connectivity index (χ0n) is 13.9. The highest BCUT2D eigenvalue weighted by Gasteiger charge is 2.15. The summed E-state index contributed by atoms with van der Waals surface area (Å²) in [4.78, 5) is 22.7. The van der Waals surface area contributed by atoms with Crippen molar-refractivity contribution in [2.45, 2.75) is 27.3 Å². The largest absolute Gasteiger partial charge is 0.508 e. The lowest BCUT2D eigenvalue weighted by molar-refractivity contribution is 0.0102. The summed E-state index contributed by atoms with van der Waals surface area (Å²) in [6.07, 6.45) is -1.59. The van der Waals surface area contributed by atoms with Gasteiger partial charge in [-0.25, -0.2) is 9.59 Å². The van der Waals surface area contributed by atoms with Crippen molar-refractivity contribution in [2.24, 2.45) is 5.92 Å². The molecule has 24 heavy (non-hydrogen) atoms. The fourth-order valence-corrected chi connectivity index (χ4v) is 1.23. The van der Waals surface area contributed by atoms with Crippen LogP contribution in [0.2, 0.25) is 0 Å². The Morgan fingerprint density at radius 2 is 1.67 bits per heavy atom. The van der Waals surface area contributed by atoms with Crippen molar-refractivity contribution in [1.29, 1.82) is 0 Å². The summed E-state index contributed by atoms with van der Waals surface area (Å²) in [5, 5.41) is 11.5. The van der Waals surface area contributed by atoms with Crippen molar-refractivity contribution in [1.82, 2.24) is 5.32 Å². The molecule has 2 N–H and O–H groups in total. The van der Waals surface area contributed by atoms with Crippen molar-refractivity contribution in [2.75, 3.05) is 53.4 Å². The van der Waals surface area contributed by atoms with Crippen LogP contribution in [-0.2, 0) is 23.7 Å². The SMILES string of the molecule is C.COCCOCCOC(=O)OCC(CO)NC(=O)OCC(C)C. The smallest absolute Gasteiger partial charge is 0.449 e. The number of carbonyl (C=O) groups excluding carboxylic acids is 2. The van der Waals surface area contributed by atoms with E-state index in [4.69, 9.17) is 28.8 Å². The van der Waals surface area contributed by atoms with Gasteiger partial charge in [-0.2, -0.15) is 0 Å². The van der Waals surface area contributed by atoms with Gasteiger partial charge >= 0.3 is 12.2 Å². The number of carbonyl (C=O) groups is 2. The molecule has 0 radical (unpaired) electrons. The van der Waals surface area contributed by atoms with E-state index >= 15 is 0 Å². The first kappa shape index (κ1) is 24.7. The Kier molecular flexibility index (Phi) is 16.7. The molecular weight excluding hydrogens is 322 g/mol. The third kappa shape index (κ3) is 15.3. The van der Waals surface area contributed by atoms with Crippen LogP contribution in [0, 0.1) is 5.92 Å². The molecule has 0 rings (SSSR count). The average Bonchev–Trinajstić information content (AvgIpc) is 2.52. The molecule has 0 bridgehead atoms. The molecule has 1 amide bonds. The predicted octanol–water partition coefficient (Wildman–Crippen LogP) is 1.18. The van der Waals surface area contributed by atoms with Gasteiger partial charge < -0.3 is 34.1 Å². The van der Waals surface area contributed by atoms with E-state index in [1.54, 1.807) is 7.11 Å². The summed E-state index contributed by atoms with van der Waals surface area (Å²) in [5.74, 6) is 0.200. The number of hydrogen-bond acceptors (Lipinski definition) is 8. The molecule has 0 heterocycles. The Morgan fingerprint density at radius 1 is 1.00 bits per heavy atom. The minimum atomic E-state index is -0.906. The van der Waals surface area contributed by atoms with Crippen LogP contribution in [0.4, 0.5) is 9.59 Å². The van der Waals surface area contributed by atoms with Crippen LogP contribution in [0.5, 0.6) is 0 Å². The van der Waals surface area contributed by atoms with Crippen molar-refractivity contribution in [3.63, 3.8) is 0 Å². The van der Waals surface area contributed by atoms with Crippen LogP contribution >= 0.6 is 0 Å². The van der Waals surface area contributed by atoms with Crippen LogP contribution in [0.15, 0.2) is 0 Å². The topological polar surface area (TPSA) is 113 Å². The molecule has 0 aliphatic heterocycles. The van der Waals surface area contributed by atoms with Gasteiger partial charge in [-0.05, 0) is 5.92 Å². The van der Waals surface area contributed by atoms with E-state index in [9.17, 15) is 9.59 Å². The maximum Gasteiger partial charge on any atom is 0.508 e. The van der Waals surface area contributed by atoms with E-state index in [0.29, 0.717) is 13.2 Å². The number of nitrogens with one attached hydrogen (secondary N) is 1. The lowest BCUT2D eigenvalue weighted by atomic mass is 10.2. The molecule has 0 aromatic heterocycles. The van der Waals surface area contributed by atoms with Gasteiger partial charge in [0.2, 0.25) is 0 Å². The van der Waals surface area contributed by atoms with Crippen molar-refractivity contribution in [3.8, 4) is 0 Å².